The lowest BCUT2D eigenvalue weighted by Gasteiger charge is -2.18. The van der Waals surface area contributed by atoms with Gasteiger partial charge in [0.2, 0.25) is 0 Å². The normalized spacial score (nSPS) is 14.5. The van der Waals surface area contributed by atoms with Crippen LogP contribution in [-0.2, 0) is 14.3 Å². The molecule has 102 valence electrons. The number of hydrogen-bond acceptors (Lipinski definition) is 4. The summed E-state index contributed by atoms with van der Waals surface area (Å²) in [5, 5.41) is 8.78. The van der Waals surface area contributed by atoms with Gasteiger partial charge in [0.05, 0.1) is 13.2 Å². The largest absolute Gasteiger partial charge is 0.480 e. The van der Waals surface area contributed by atoms with Crippen LogP contribution in [0.4, 0.5) is 0 Å². The zero-order chi connectivity index (χ0) is 13.1. The minimum Gasteiger partial charge on any atom is -0.480 e. The van der Waals surface area contributed by atoms with Crippen LogP contribution >= 0.6 is 0 Å². The van der Waals surface area contributed by atoms with Gasteiger partial charge in [-0.15, -0.1) is 0 Å². The van der Waals surface area contributed by atoms with Gasteiger partial charge in [-0.3, -0.25) is 4.79 Å². The quantitative estimate of drug-likeness (QED) is 0.539. The molecular weight excluding hydrogens is 222 g/mol. The second kappa shape index (κ2) is 9.39. The summed E-state index contributed by atoms with van der Waals surface area (Å²) in [6.07, 6.45) is 3.27. The fourth-order valence-electron chi connectivity index (χ4n) is 1.22. The maximum Gasteiger partial charge on any atom is 0.323 e. The van der Waals surface area contributed by atoms with Crippen LogP contribution in [0.15, 0.2) is 0 Å². The fraction of sp³-hybridized carbons (Fsp3) is 0.917. The molecule has 0 rings (SSSR count). The van der Waals surface area contributed by atoms with Crippen molar-refractivity contribution in [1.29, 1.82) is 0 Å². The Hall–Kier alpha value is -0.650. The van der Waals surface area contributed by atoms with E-state index in [9.17, 15) is 4.79 Å². The predicted octanol–water partition coefficient (Wildman–Crippen LogP) is 1.40. The maximum absolute atomic E-state index is 10.7. The zero-order valence-electron chi connectivity index (χ0n) is 10.9. The van der Waals surface area contributed by atoms with E-state index in [0.29, 0.717) is 32.7 Å². The van der Waals surface area contributed by atoms with Crippen molar-refractivity contribution in [3.8, 4) is 0 Å². The van der Waals surface area contributed by atoms with E-state index in [1.807, 2.05) is 0 Å². The molecule has 0 aromatic rings. The molecule has 0 aliphatic heterocycles. The second-order valence-electron chi connectivity index (χ2n) is 4.40. The highest BCUT2D eigenvalue weighted by molar-refractivity contribution is 5.77. The smallest absolute Gasteiger partial charge is 0.323 e. The van der Waals surface area contributed by atoms with Crippen molar-refractivity contribution >= 4 is 5.97 Å². The van der Waals surface area contributed by atoms with Crippen LogP contribution in [0.2, 0.25) is 0 Å². The fourth-order valence-corrected chi connectivity index (χ4v) is 1.22. The number of carboxylic acids is 1. The van der Waals surface area contributed by atoms with Crippen LogP contribution in [0.3, 0.4) is 0 Å². The molecule has 0 radical (unpaired) electrons. The third kappa shape index (κ3) is 9.09. The van der Waals surface area contributed by atoms with Gasteiger partial charge in [-0.2, -0.15) is 0 Å². The number of rotatable bonds is 11. The van der Waals surface area contributed by atoms with Gasteiger partial charge in [0.25, 0.3) is 0 Å². The lowest BCUT2D eigenvalue weighted by molar-refractivity contribution is -0.143. The molecule has 0 aromatic carbocycles. The van der Waals surface area contributed by atoms with Crippen molar-refractivity contribution in [2.24, 2.45) is 5.73 Å². The Bertz CT molecular complexity index is 207. The lowest BCUT2D eigenvalue weighted by atomic mass is 9.98. The number of hydrogen-bond donors (Lipinski definition) is 2. The summed E-state index contributed by atoms with van der Waals surface area (Å²) >= 11 is 0. The van der Waals surface area contributed by atoms with E-state index in [1.165, 1.54) is 6.92 Å². The molecule has 0 aliphatic carbocycles. The van der Waals surface area contributed by atoms with Gasteiger partial charge in [0.1, 0.15) is 5.54 Å². The Labute approximate surface area is 103 Å². The summed E-state index contributed by atoms with van der Waals surface area (Å²) in [7, 11) is 0. The molecule has 0 spiro atoms. The van der Waals surface area contributed by atoms with Gasteiger partial charge in [0, 0.05) is 13.2 Å². The summed E-state index contributed by atoms with van der Waals surface area (Å²) in [5.41, 5.74) is 4.42. The molecule has 0 aromatic heterocycles. The summed E-state index contributed by atoms with van der Waals surface area (Å²) < 4.78 is 10.6. The van der Waals surface area contributed by atoms with E-state index in [-0.39, 0.29) is 0 Å². The molecule has 0 fully saturated rings. The standard InChI is InChI=1S/C12H25NO4/c1-3-4-7-16-9-10-17-8-5-6-12(2,13)11(14)15/h3-10,13H2,1-2H3,(H,14,15). The average Bonchev–Trinajstić information content (AvgIpc) is 2.26. The highest BCUT2D eigenvalue weighted by atomic mass is 16.5. The Kier molecular flexibility index (Phi) is 9.03. The summed E-state index contributed by atoms with van der Waals surface area (Å²) in [5.74, 6) is -0.972. The first-order chi connectivity index (χ1) is 8.00. The first kappa shape index (κ1) is 16.4. The van der Waals surface area contributed by atoms with Gasteiger partial charge in [0.15, 0.2) is 0 Å². The Morgan fingerprint density at radius 1 is 1.18 bits per heavy atom. The first-order valence-corrected chi connectivity index (χ1v) is 6.18. The number of aliphatic carboxylic acids is 1. The van der Waals surface area contributed by atoms with Gasteiger partial charge in [-0.05, 0) is 26.2 Å². The molecule has 1 unspecified atom stereocenters. The van der Waals surface area contributed by atoms with Crippen molar-refractivity contribution in [3.05, 3.63) is 0 Å². The first-order valence-electron chi connectivity index (χ1n) is 6.18. The van der Waals surface area contributed by atoms with Crippen LogP contribution in [-0.4, -0.2) is 43.0 Å². The van der Waals surface area contributed by atoms with E-state index in [0.717, 1.165) is 19.4 Å². The second-order valence-corrected chi connectivity index (χ2v) is 4.40. The average molecular weight is 247 g/mol. The summed E-state index contributed by atoms with van der Waals surface area (Å²) in [6, 6.07) is 0. The summed E-state index contributed by atoms with van der Waals surface area (Å²) in [4.78, 5) is 10.7. The van der Waals surface area contributed by atoms with E-state index in [4.69, 9.17) is 20.3 Å². The number of carboxylic acid groups (broad SMARTS) is 1. The van der Waals surface area contributed by atoms with Crippen molar-refractivity contribution in [1.82, 2.24) is 0 Å². The molecule has 1 atom stereocenters. The Morgan fingerprint density at radius 3 is 2.18 bits per heavy atom. The molecule has 0 amide bonds. The lowest BCUT2D eigenvalue weighted by Crippen LogP contribution is -2.44. The number of nitrogens with two attached hydrogens (primary N) is 1. The van der Waals surface area contributed by atoms with E-state index >= 15 is 0 Å². The van der Waals surface area contributed by atoms with Crippen LogP contribution in [0.5, 0.6) is 0 Å². The monoisotopic (exact) mass is 247 g/mol. The molecule has 0 saturated carbocycles. The third-order valence-electron chi connectivity index (χ3n) is 2.49. The maximum atomic E-state index is 10.7. The van der Waals surface area contributed by atoms with Crippen LogP contribution in [0.1, 0.15) is 39.5 Å². The minimum absolute atomic E-state index is 0.416. The van der Waals surface area contributed by atoms with Gasteiger partial charge in [-0.1, -0.05) is 13.3 Å². The zero-order valence-corrected chi connectivity index (χ0v) is 10.9. The molecule has 5 nitrogen and oxygen atoms in total. The molecule has 0 bridgehead atoms. The van der Waals surface area contributed by atoms with Crippen LogP contribution in [0, 0.1) is 0 Å². The predicted molar refractivity (Wildman–Crippen MR) is 66.0 cm³/mol. The van der Waals surface area contributed by atoms with Gasteiger partial charge < -0.3 is 20.3 Å². The Balaban J connectivity index is 3.27. The van der Waals surface area contributed by atoms with Crippen molar-refractivity contribution in [2.75, 3.05) is 26.4 Å². The minimum atomic E-state index is -1.15. The molecule has 3 N–H and O–H groups in total. The van der Waals surface area contributed by atoms with Crippen LogP contribution in [0.25, 0.3) is 0 Å². The number of carbonyl (C=O) groups is 1. The summed E-state index contributed by atoms with van der Waals surface area (Å²) in [6.45, 7) is 6.09. The molecule has 5 heteroatoms. The van der Waals surface area contributed by atoms with Crippen molar-refractivity contribution in [3.63, 3.8) is 0 Å². The third-order valence-corrected chi connectivity index (χ3v) is 2.49. The van der Waals surface area contributed by atoms with Gasteiger partial charge in [-0.25, -0.2) is 0 Å². The Morgan fingerprint density at radius 2 is 1.71 bits per heavy atom. The van der Waals surface area contributed by atoms with Crippen molar-refractivity contribution < 1.29 is 19.4 Å². The van der Waals surface area contributed by atoms with E-state index in [2.05, 4.69) is 6.92 Å². The number of unbranched alkanes of at least 4 members (excludes halogenated alkanes) is 1. The topological polar surface area (TPSA) is 81.8 Å². The van der Waals surface area contributed by atoms with E-state index < -0.39 is 11.5 Å². The van der Waals surface area contributed by atoms with Crippen LogP contribution < -0.4 is 5.73 Å². The highest BCUT2D eigenvalue weighted by Gasteiger charge is 2.26. The molecular formula is C12H25NO4. The SMILES string of the molecule is CCCCOCCOCCCC(C)(N)C(=O)O. The molecule has 0 heterocycles. The van der Waals surface area contributed by atoms with Gasteiger partial charge >= 0.3 is 5.97 Å². The molecule has 17 heavy (non-hydrogen) atoms. The van der Waals surface area contributed by atoms with E-state index in [1.54, 1.807) is 0 Å². The highest BCUT2D eigenvalue weighted by Crippen LogP contribution is 2.08. The molecule has 0 saturated heterocycles. The van der Waals surface area contributed by atoms with Crippen molar-refractivity contribution in [2.45, 2.75) is 45.1 Å². The molecule has 0 aliphatic rings. The number of ether oxygens (including phenoxy) is 2.